The third kappa shape index (κ3) is 9.31. The second kappa shape index (κ2) is 17.3. The van der Waals surface area contributed by atoms with Gasteiger partial charge in [0.1, 0.15) is 46.0 Å². The number of para-hydroxylation sites is 2. The highest BCUT2D eigenvalue weighted by atomic mass is 32.2. The first-order valence-corrected chi connectivity index (χ1v) is 25.3. The van der Waals surface area contributed by atoms with Gasteiger partial charge in [0, 0.05) is 35.0 Å². The number of phenols is 2. The maximum absolute atomic E-state index is 16.1. The normalized spacial score (nSPS) is 24.4. The minimum Gasteiger partial charge on any atom is -0.506 e. The Kier molecular flexibility index (Phi) is 12.0. The zero-order valence-corrected chi connectivity index (χ0v) is 39.2. The molecular weight excluding hydrogens is 944 g/mol. The molecule has 0 bridgehead atoms. The lowest BCUT2D eigenvalue weighted by Gasteiger charge is -2.38. The van der Waals surface area contributed by atoms with E-state index in [2.05, 4.69) is 27.8 Å². The zero-order chi connectivity index (χ0) is 49.4. The number of nitrogens with one attached hydrogen (secondary N) is 4. The number of rotatable bonds is 9. The van der Waals surface area contributed by atoms with Crippen LogP contribution < -0.4 is 26.0 Å². The molecule has 0 saturated heterocycles. The van der Waals surface area contributed by atoms with Gasteiger partial charge in [-0.3, -0.25) is 0 Å². The van der Waals surface area contributed by atoms with Crippen molar-refractivity contribution in [2.75, 3.05) is 39.4 Å². The third-order valence-corrected chi connectivity index (χ3v) is 17.4. The molecule has 0 spiro atoms. The summed E-state index contributed by atoms with van der Waals surface area (Å²) in [6, 6.07) is 12.7. The lowest BCUT2D eigenvalue weighted by molar-refractivity contribution is -0.138. The number of ether oxygens (including phenoxy) is 2. The van der Waals surface area contributed by atoms with E-state index >= 15 is 8.78 Å². The fraction of sp³-hybridized carbons (Fsp3) is 0.320. The number of hydrogen-bond donors (Lipinski definition) is 6. The smallest absolute Gasteiger partial charge is 0.419 e. The number of alkyl halides is 3. The Morgan fingerprint density at radius 2 is 1.42 bits per heavy atom. The fourth-order valence-electron chi connectivity index (χ4n) is 10.1. The number of benzene rings is 4. The second-order valence-electron chi connectivity index (χ2n) is 19.2. The molecule has 0 saturated carbocycles. The van der Waals surface area contributed by atoms with Gasteiger partial charge in [-0.05, 0) is 84.2 Å². The van der Waals surface area contributed by atoms with Gasteiger partial charge in [0.2, 0.25) is 0 Å². The van der Waals surface area contributed by atoms with Crippen LogP contribution >= 0.6 is 0 Å². The number of halogens is 5. The Labute approximate surface area is 396 Å². The van der Waals surface area contributed by atoms with Crippen LogP contribution in [0.4, 0.5) is 44.7 Å². The first-order chi connectivity index (χ1) is 32.4. The number of fused-ring (bicyclic) bond motifs is 2. The molecule has 4 aromatic carbocycles. The van der Waals surface area contributed by atoms with E-state index in [9.17, 15) is 40.2 Å². The molecule has 364 valence electrons. The Bertz CT molecular complexity index is 3170. The van der Waals surface area contributed by atoms with Gasteiger partial charge in [-0.25, -0.2) is 25.6 Å². The molecule has 12 nitrogen and oxygen atoms in total. The van der Waals surface area contributed by atoms with Crippen molar-refractivity contribution in [2.24, 2.45) is 10.8 Å². The van der Waals surface area contributed by atoms with Crippen LogP contribution in [0.1, 0.15) is 62.8 Å². The molecule has 4 aliphatic heterocycles. The molecular formula is C50H49F5N4O8S2. The van der Waals surface area contributed by atoms with E-state index in [1.165, 1.54) is 42.5 Å². The maximum Gasteiger partial charge on any atom is 0.419 e. The molecule has 9 rings (SSSR count). The summed E-state index contributed by atoms with van der Waals surface area (Å²) in [6.45, 7) is 8.97. The van der Waals surface area contributed by atoms with Gasteiger partial charge >= 0.3 is 6.18 Å². The molecule has 19 heteroatoms. The minimum atomic E-state index is -5.01. The Morgan fingerprint density at radius 1 is 0.797 bits per heavy atom. The van der Waals surface area contributed by atoms with Crippen LogP contribution in [-0.4, -0.2) is 57.3 Å². The highest BCUT2D eigenvalue weighted by Crippen LogP contribution is 2.52. The maximum atomic E-state index is 16.1. The average molecular weight is 993 g/mol. The van der Waals surface area contributed by atoms with E-state index in [0.29, 0.717) is 5.69 Å². The van der Waals surface area contributed by atoms with Crippen LogP contribution in [0.2, 0.25) is 0 Å². The van der Waals surface area contributed by atoms with Gasteiger partial charge in [-0.1, -0.05) is 57.2 Å². The number of anilines is 4. The number of hydrogen-bond acceptors (Lipinski definition) is 12. The van der Waals surface area contributed by atoms with Gasteiger partial charge in [-0.2, -0.15) is 13.2 Å². The largest absolute Gasteiger partial charge is 0.506 e. The summed E-state index contributed by atoms with van der Waals surface area (Å²) in [4.78, 5) is -0.313. The topological polar surface area (TPSA) is 175 Å². The summed E-state index contributed by atoms with van der Waals surface area (Å²) >= 11 is 0. The van der Waals surface area contributed by atoms with Gasteiger partial charge in [0.05, 0.1) is 63.0 Å². The van der Waals surface area contributed by atoms with Crippen molar-refractivity contribution in [1.29, 1.82) is 0 Å². The van der Waals surface area contributed by atoms with Crippen LogP contribution in [-0.2, 0) is 37.0 Å². The van der Waals surface area contributed by atoms with Crippen LogP contribution in [0, 0.1) is 16.6 Å². The number of allylic oxidation sites excluding steroid dienone is 2. The van der Waals surface area contributed by atoms with Gasteiger partial charge in [-0.15, -0.1) is 6.58 Å². The van der Waals surface area contributed by atoms with Crippen molar-refractivity contribution in [3.05, 3.63) is 153 Å². The van der Waals surface area contributed by atoms with Gasteiger partial charge in [0.25, 0.3) is 0 Å². The monoisotopic (exact) mass is 992 g/mol. The van der Waals surface area contributed by atoms with Crippen molar-refractivity contribution in [3.63, 3.8) is 0 Å². The van der Waals surface area contributed by atoms with Crippen molar-refractivity contribution < 1.29 is 58.5 Å². The first kappa shape index (κ1) is 47.7. The quantitative estimate of drug-likeness (QED) is 0.0533. The molecule has 1 aliphatic carbocycles. The highest BCUT2D eigenvalue weighted by molar-refractivity contribution is 7.95. The predicted octanol–water partition coefficient (Wildman–Crippen LogP) is 10.9. The van der Waals surface area contributed by atoms with Crippen LogP contribution in [0.25, 0.3) is 0 Å². The van der Waals surface area contributed by atoms with Gasteiger partial charge < -0.3 is 41.0 Å². The standard InChI is InChI=1S/C50H49F5N4O8S2/c1-5-18-66-29-14-16-30(33(52)21-29)42-47-37(59-45-34(56-42)8-6-11-39(45)61)24-49(4,26-69(47,64)65)22-27-12-17-32(50(53,54)55)41(19-27)67-40-20-28(51)13-15-31(40)43-46-36(23-48(2,3)25-68(46,62)63)58-44-35(57-43)9-7-10-38(44)60/h5-17,19-20,29,42-43,56-61H,1,18,21-26H2,2-4H3. The molecule has 0 radical (unpaired) electrons. The van der Waals surface area contributed by atoms with E-state index in [1.54, 1.807) is 45.0 Å². The summed E-state index contributed by atoms with van der Waals surface area (Å²) in [5, 5.41) is 34.3. The van der Waals surface area contributed by atoms with E-state index in [1.807, 2.05) is 0 Å². The summed E-state index contributed by atoms with van der Waals surface area (Å²) in [6.07, 6.45) is -1.14. The first-order valence-electron chi connectivity index (χ1n) is 22.0. The number of phenolic OH excluding ortho intramolecular Hbond substituents is 2. The SMILES string of the molecule is C=CCOC1C=CC(C2Nc3cccc(O)c3NC3=C2S(=O)(=O)CC(C)(Cc2ccc(C(F)(F)F)c(Oc4cc(F)ccc4C4Nc5cccc(O)c5NC5=C4S(=O)(=O)CC(C)(C)C5)c2)C3)=C(F)C1. The molecule has 6 N–H and O–H groups in total. The summed E-state index contributed by atoms with van der Waals surface area (Å²) in [5.74, 6) is -3.94. The molecule has 0 fully saturated rings. The van der Waals surface area contributed by atoms with Gasteiger partial charge in [0.15, 0.2) is 19.7 Å². The third-order valence-electron chi connectivity index (χ3n) is 12.8. The fourth-order valence-corrected chi connectivity index (χ4v) is 14.8. The Hall–Kier alpha value is -6.31. The molecule has 0 aromatic heterocycles. The van der Waals surface area contributed by atoms with Crippen molar-refractivity contribution in [1.82, 2.24) is 0 Å². The zero-order valence-electron chi connectivity index (χ0n) is 37.6. The van der Waals surface area contributed by atoms with Crippen molar-refractivity contribution in [2.45, 2.75) is 70.8 Å². The van der Waals surface area contributed by atoms with E-state index in [4.69, 9.17) is 9.47 Å². The molecule has 5 aliphatic rings. The Morgan fingerprint density at radius 3 is 2.06 bits per heavy atom. The van der Waals surface area contributed by atoms with Crippen molar-refractivity contribution in [3.8, 4) is 23.0 Å². The van der Waals surface area contributed by atoms with E-state index in [0.717, 1.165) is 24.3 Å². The van der Waals surface area contributed by atoms with Crippen LogP contribution in [0.15, 0.2) is 130 Å². The van der Waals surface area contributed by atoms with E-state index in [-0.39, 0.29) is 105 Å². The predicted molar refractivity (Wildman–Crippen MR) is 253 cm³/mol. The Balaban J connectivity index is 1.10. The van der Waals surface area contributed by atoms with Crippen LogP contribution in [0.3, 0.4) is 0 Å². The number of aromatic hydroxyl groups is 2. The molecule has 4 heterocycles. The summed E-state index contributed by atoms with van der Waals surface area (Å²) in [5.41, 5.74) is -1.77. The number of sulfone groups is 2. The molecule has 69 heavy (non-hydrogen) atoms. The summed E-state index contributed by atoms with van der Waals surface area (Å²) in [7, 11) is -8.45. The lowest BCUT2D eigenvalue weighted by atomic mass is 9.80. The van der Waals surface area contributed by atoms with E-state index < -0.39 is 89.3 Å². The second-order valence-corrected chi connectivity index (χ2v) is 23.1. The average Bonchev–Trinajstić information content (AvgIpc) is 3.51. The molecule has 4 aromatic rings. The lowest BCUT2D eigenvalue weighted by Crippen LogP contribution is -2.41. The molecule has 4 atom stereocenters. The van der Waals surface area contributed by atoms with Crippen molar-refractivity contribution >= 4 is 42.4 Å². The molecule has 4 unspecified atom stereocenters. The van der Waals surface area contributed by atoms with Crippen LogP contribution in [0.5, 0.6) is 23.0 Å². The summed E-state index contributed by atoms with van der Waals surface area (Å²) < 4.78 is 146. The molecule has 0 amide bonds. The minimum absolute atomic E-state index is 0.0242. The highest BCUT2D eigenvalue weighted by Gasteiger charge is 2.48.